The fraction of sp³-hybridized carbons (Fsp3) is 0.200. The van der Waals surface area contributed by atoms with Crippen molar-refractivity contribution in [3.05, 3.63) is 64.7 Å². The van der Waals surface area contributed by atoms with E-state index < -0.39 is 0 Å². The Kier molecular flexibility index (Phi) is 9.68. The van der Waals surface area contributed by atoms with Gasteiger partial charge in [-0.2, -0.15) is 0 Å². The summed E-state index contributed by atoms with van der Waals surface area (Å²) in [6, 6.07) is 14.8. The van der Waals surface area contributed by atoms with E-state index in [0.29, 0.717) is 28.8 Å². The molecule has 0 aliphatic heterocycles. The second-order valence-corrected chi connectivity index (χ2v) is 6.09. The molecule has 0 saturated heterocycles. The molecule has 2 aromatic rings. The average Bonchev–Trinajstić information content (AvgIpc) is 2.64. The highest BCUT2D eigenvalue weighted by Crippen LogP contribution is 2.11. The van der Waals surface area contributed by atoms with Crippen LogP contribution in [0.4, 0.5) is 5.69 Å². The van der Waals surface area contributed by atoms with Crippen LogP contribution in [-0.4, -0.2) is 37.4 Å². The molecule has 0 atom stereocenters. The third kappa shape index (κ3) is 7.49. The van der Waals surface area contributed by atoms with Crippen LogP contribution < -0.4 is 10.6 Å². The Morgan fingerprint density at radius 1 is 1.26 bits per heavy atom. The highest BCUT2D eigenvalue weighted by Gasteiger charge is 2.09. The zero-order chi connectivity index (χ0) is 18.9. The molecule has 0 heterocycles. The number of amides is 1. The van der Waals surface area contributed by atoms with Gasteiger partial charge >= 0.3 is 0 Å². The summed E-state index contributed by atoms with van der Waals surface area (Å²) in [7, 11) is 3.58. The van der Waals surface area contributed by atoms with Crippen molar-refractivity contribution in [1.82, 2.24) is 10.2 Å². The Morgan fingerprint density at radius 2 is 1.96 bits per heavy atom. The fourth-order valence-corrected chi connectivity index (χ4v) is 2.50. The minimum absolute atomic E-state index is 0. The first kappa shape index (κ1) is 22.8. The Bertz CT molecular complexity index is 831. The van der Waals surface area contributed by atoms with Crippen LogP contribution in [0.1, 0.15) is 11.1 Å². The number of terminal acetylenes is 1. The van der Waals surface area contributed by atoms with E-state index in [1.807, 2.05) is 42.3 Å². The number of benzene rings is 2. The topological polar surface area (TPSA) is 56.7 Å². The van der Waals surface area contributed by atoms with Crippen molar-refractivity contribution < 1.29 is 4.79 Å². The molecule has 0 spiro atoms. The van der Waals surface area contributed by atoms with Crippen molar-refractivity contribution in [1.29, 1.82) is 0 Å². The van der Waals surface area contributed by atoms with Crippen LogP contribution in [0.5, 0.6) is 0 Å². The average molecular weight is 497 g/mol. The van der Waals surface area contributed by atoms with Crippen LogP contribution >= 0.6 is 35.6 Å². The molecule has 0 radical (unpaired) electrons. The molecule has 142 valence electrons. The van der Waals surface area contributed by atoms with Gasteiger partial charge < -0.3 is 15.5 Å². The van der Waals surface area contributed by atoms with E-state index >= 15 is 0 Å². The number of carbonyl (C=O) groups is 1. The molecule has 1 amide bonds. The highest BCUT2D eigenvalue weighted by atomic mass is 127. The minimum Gasteiger partial charge on any atom is -0.347 e. The first-order valence-electron chi connectivity index (χ1n) is 8.04. The van der Waals surface area contributed by atoms with Crippen LogP contribution in [0, 0.1) is 12.3 Å². The van der Waals surface area contributed by atoms with Gasteiger partial charge in [0.15, 0.2) is 5.96 Å². The molecular formula is C20H22ClIN4O. The lowest BCUT2D eigenvalue weighted by Crippen LogP contribution is -2.42. The van der Waals surface area contributed by atoms with Crippen molar-refractivity contribution in [3.63, 3.8) is 0 Å². The molecule has 5 nitrogen and oxygen atoms in total. The molecule has 0 aromatic heterocycles. The summed E-state index contributed by atoms with van der Waals surface area (Å²) in [4.78, 5) is 18.3. The second-order valence-electron chi connectivity index (χ2n) is 5.66. The normalized spacial score (nSPS) is 10.4. The zero-order valence-electron chi connectivity index (χ0n) is 15.2. The highest BCUT2D eigenvalue weighted by molar-refractivity contribution is 14.0. The molecule has 7 heteroatoms. The summed E-state index contributed by atoms with van der Waals surface area (Å²) >= 11 is 5.90. The summed E-state index contributed by atoms with van der Waals surface area (Å²) in [5.41, 5.74) is 2.47. The standard InChI is InChI=1S/C20H21ClN4O.HI/c1-4-15-6-5-7-18(12-15)24-19(26)13-23-20(22-2)25(3)14-16-8-10-17(21)11-9-16;/h1,5-12H,13-14H2,2-3H3,(H,22,23)(H,24,26);1H. The Morgan fingerprint density at radius 3 is 2.59 bits per heavy atom. The van der Waals surface area contributed by atoms with Gasteiger partial charge in [-0.3, -0.25) is 9.79 Å². The Hall–Kier alpha value is -2.24. The quantitative estimate of drug-likeness (QED) is 0.288. The summed E-state index contributed by atoms with van der Waals surface area (Å²) in [6.07, 6.45) is 5.37. The molecule has 0 aliphatic rings. The molecule has 27 heavy (non-hydrogen) atoms. The summed E-state index contributed by atoms with van der Waals surface area (Å²) in [5.74, 6) is 2.98. The largest absolute Gasteiger partial charge is 0.347 e. The van der Waals surface area contributed by atoms with Gasteiger partial charge in [0.1, 0.15) is 0 Å². The number of nitrogens with one attached hydrogen (secondary N) is 2. The second kappa shape index (κ2) is 11.5. The van der Waals surface area contributed by atoms with E-state index in [9.17, 15) is 4.79 Å². The maximum atomic E-state index is 12.1. The fourth-order valence-electron chi connectivity index (χ4n) is 2.37. The van der Waals surface area contributed by atoms with Crippen LogP contribution in [0.15, 0.2) is 53.5 Å². The third-order valence-electron chi connectivity index (χ3n) is 3.63. The van der Waals surface area contributed by atoms with E-state index in [2.05, 4.69) is 21.5 Å². The van der Waals surface area contributed by atoms with E-state index in [-0.39, 0.29) is 36.4 Å². The Labute approximate surface area is 182 Å². The number of hydrogen-bond donors (Lipinski definition) is 2. The number of nitrogens with zero attached hydrogens (tertiary/aromatic N) is 2. The molecule has 2 N–H and O–H groups in total. The smallest absolute Gasteiger partial charge is 0.243 e. The van der Waals surface area contributed by atoms with Crippen molar-refractivity contribution in [2.75, 3.05) is 26.0 Å². The predicted molar refractivity (Wildman–Crippen MR) is 123 cm³/mol. The van der Waals surface area contributed by atoms with Gasteiger partial charge in [0.05, 0.1) is 6.54 Å². The van der Waals surface area contributed by atoms with Gasteiger partial charge in [0.2, 0.25) is 5.91 Å². The third-order valence-corrected chi connectivity index (χ3v) is 3.88. The number of guanidine groups is 1. The maximum Gasteiger partial charge on any atom is 0.243 e. The van der Waals surface area contributed by atoms with Gasteiger partial charge in [-0.05, 0) is 35.9 Å². The molecule has 2 aromatic carbocycles. The number of halogens is 2. The SMILES string of the molecule is C#Cc1cccc(NC(=O)CNC(=NC)N(C)Cc2ccc(Cl)cc2)c1.I. The molecule has 0 fully saturated rings. The van der Waals surface area contributed by atoms with Gasteiger partial charge in [-0.1, -0.05) is 35.7 Å². The zero-order valence-corrected chi connectivity index (χ0v) is 18.3. The van der Waals surface area contributed by atoms with E-state index in [1.165, 1.54) is 0 Å². The van der Waals surface area contributed by atoms with Crippen LogP contribution in [0.25, 0.3) is 0 Å². The van der Waals surface area contributed by atoms with Crippen LogP contribution in [0.3, 0.4) is 0 Å². The van der Waals surface area contributed by atoms with Crippen molar-refractivity contribution in [3.8, 4) is 12.3 Å². The molecule has 0 unspecified atom stereocenters. The van der Waals surface area contributed by atoms with Gasteiger partial charge in [-0.15, -0.1) is 30.4 Å². The Balaban J connectivity index is 0.00000364. The van der Waals surface area contributed by atoms with Crippen molar-refractivity contribution >= 4 is 53.1 Å². The van der Waals surface area contributed by atoms with Crippen molar-refractivity contribution in [2.45, 2.75) is 6.54 Å². The lowest BCUT2D eigenvalue weighted by molar-refractivity contribution is -0.115. The predicted octanol–water partition coefficient (Wildman–Crippen LogP) is 3.59. The molecule has 0 aliphatic carbocycles. The number of rotatable bonds is 5. The van der Waals surface area contributed by atoms with Crippen LogP contribution in [-0.2, 0) is 11.3 Å². The van der Waals surface area contributed by atoms with Gasteiger partial charge in [0.25, 0.3) is 0 Å². The number of hydrogen-bond acceptors (Lipinski definition) is 2. The molecule has 0 bridgehead atoms. The number of anilines is 1. The summed E-state index contributed by atoms with van der Waals surface area (Å²) < 4.78 is 0. The molecule has 2 rings (SSSR count). The lowest BCUT2D eigenvalue weighted by atomic mass is 10.2. The van der Waals surface area contributed by atoms with Gasteiger partial charge in [0, 0.05) is 36.9 Å². The van der Waals surface area contributed by atoms with Crippen molar-refractivity contribution in [2.24, 2.45) is 4.99 Å². The molecule has 0 saturated carbocycles. The summed E-state index contributed by atoms with van der Waals surface area (Å²) in [5, 5.41) is 6.55. The minimum atomic E-state index is -0.180. The molecular weight excluding hydrogens is 475 g/mol. The summed E-state index contributed by atoms with van der Waals surface area (Å²) in [6.45, 7) is 0.737. The van der Waals surface area contributed by atoms with E-state index in [1.54, 1.807) is 25.2 Å². The van der Waals surface area contributed by atoms with E-state index in [4.69, 9.17) is 18.0 Å². The lowest BCUT2D eigenvalue weighted by Gasteiger charge is -2.22. The number of carbonyl (C=O) groups excluding carboxylic acids is 1. The number of aliphatic imine (C=N–C) groups is 1. The van der Waals surface area contributed by atoms with Crippen LogP contribution in [0.2, 0.25) is 5.02 Å². The monoisotopic (exact) mass is 496 g/mol. The van der Waals surface area contributed by atoms with Gasteiger partial charge in [-0.25, -0.2) is 0 Å². The first-order valence-corrected chi connectivity index (χ1v) is 8.42. The first-order chi connectivity index (χ1) is 12.5. The van der Waals surface area contributed by atoms with E-state index in [0.717, 1.165) is 5.56 Å². The maximum absolute atomic E-state index is 12.1.